The maximum absolute atomic E-state index is 10.7. The van der Waals surface area contributed by atoms with Crippen LogP contribution in [-0.2, 0) is 22.4 Å². The van der Waals surface area contributed by atoms with Gasteiger partial charge in [0.15, 0.2) is 0 Å². The lowest BCUT2D eigenvalue weighted by molar-refractivity contribution is -0.140. The lowest BCUT2D eigenvalue weighted by atomic mass is 10.2. The zero-order chi connectivity index (χ0) is 12.7. The standard InChI is InChI=1S/C10H15N3O3S/c1-13-4-2-8(12-13)6-17-5-3-9(10(15)16)11-7-14/h2,4,7,9H,3,5-6H2,1H3,(H,11,14)(H,15,16). The average molecular weight is 257 g/mol. The topological polar surface area (TPSA) is 84.2 Å². The minimum absolute atomic E-state index is 0.408. The predicted molar refractivity (Wildman–Crippen MR) is 64.6 cm³/mol. The van der Waals surface area contributed by atoms with Crippen molar-refractivity contribution in [2.45, 2.75) is 18.2 Å². The number of amides is 1. The van der Waals surface area contributed by atoms with Gasteiger partial charge >= 0.3 is 5.97 Å². The van der Waals surface area contributed by atoms with Gasteiger partial charge in [-0.05, 0) is 18.2 Å². The summed E-state index contributed by atoms with van der Waals surface area (Å²) in [6.45, 7) is 0. The molecule has 0 spiro atoms. The minimum atomic E-state index is -1.00. The number of carbonyl (C=O) groups is 2. The SMILES string of the molecule is Cn1ccc(CSCCC(NC=O)C(=O)O)n1. The molecule has 0 radical (unpaired) electrons. The van der Waals surface area contributed by atoms with Gasteiger partial charge in [-0.15, -0.1) is 0 Å². The first-order valence-electron chi connectivity index (χ1n) is 5.12. The van der Waals surface area contributed by atoms with E-state index >= 15 is 0 Å². The molecule has 0 fully saturated rings. The highest BCUT2D eigenvalue weighted by atomic mass is 32.2. The molecule has 0 aliphatic rings. The fourth-order valence-electron chi connectivity index (χ4n) is 1.28. The van der Waals surface area contributed by atoms with Crippen LogP contribution in [0.25, 0.3) is 0 Å². The van der Waals surface area contributed by atoms with E-state index in [1.165, 1.54) is 0 Å². The lowest BCUT2D eigenvalue weighted by Crippen LogP contribution is -2.36. The van der Waals surface area contributed by atoms with Gasteiger partial charge in [0, 0.05) is 19.0 Å². The molecule has 1 heterocycles. The van der Waals surface area contributed by atoms with Crippen molar-refractivity contribution >= 4 is 24.1 Å². The molecule has 0 aliphatic heterocycles. The Morgan fingerprint density at radius 1 is 1.76 bits per heavy atom. The Hall–Kier alpha value is -1.50. The summed E-state index contributed by atoms with van der Waals surface area (Å²) in [6, 6.07) is 1.12. The Morgan fingerprint density at radius 2 is 2.53 bits per heavy atom. The molecule has 1 aromatic heterocycles. The van der Waals surface area contributed by atoms with Crippen molar-refractivity contribution in [1.29, 1.82) is 0 Å². The Kier molecular flexibility index (Phi) is 5.55. The zero-order valence-corrected chi connectivity index (χ0v) is 10.3. The van der Waals surface area contributed by atoms with E-state index in [0.717, 1.165) is 11.4 Å². The largest absolute Gasteiger partial charge is 0.480 e. The highest BCUT2D eigenvalue weighted by molar-refractivity contribution is 7.98. The van der Waals surface area contributed by atoms with Crippen molar-refractivity contribution in [3.63, 3.8) is 0 Å². The Bertz CT molecular complexity index is 381. The molecule has 1 unspecified atom stereocenters. The van der Waals surface area contributed by atoms with Crippen molar-refractivity contribution in [2.24, 2.45) is 7.05 Å². The van der Waals surface area contributed by atoms with Crippen molar-refractivity contribution in [3.05, 3.63) is 18.0 Å². The molecule has 6 nitrogen and oxygen atoms in total. The summed E-state index contributed by atoms with van der Waals surface area (Å²) >= 11 is 1.60. The van der Waals surface area contributed by atoms with E-state index < -0.39 is 12.0 Å². The van der Waals surface area contributed by atoms with Crippen LogP contribution >= 0.6 is 11.8 Å². The zero-order valence-electron chi connectivity index (χ0n) is 9.50. The van der Waals surface area contributed by atoms with Crippen LogP contribution < -0.4 is 5.32 Å². The first kappa shape index (κ1) is 13.6. The molecule has 17 heavy (non-hydrogen) atoms. The highest BCUT2D eigenvalue weighted by Gasteiger charge is 2.15. The van der Waals surface area contributed by atoms with E-state index in [-0.39, 0.29) is 0 Å². The molecule has 1 atom stereocenters. The molecule has 7 heteroatoms. The third kappa shape index (κ3) is 4.90. The van der Waals surface area contributed by atoms with Gasteiger partial charge in [0.2, 0.25) is 6.41 Å². The normalized spacial score (nSPS) is 12.1. The van der Waals surface area contributed by atoms with Crippen molar-refractivity contribution in [2.75, 3.05) is 5.75 Å². The fraction of sp³-hybridized carbons (Fsp3) is 0.500. The maximum atomic E-state index is 10.7. The van der Waals surface area contributed by atoms with Gasteiger partial charge in [-0.2, -0.15) is 16.9 Å². The van der Waals surface area contributed by atoms with E-state index in [1.807, 2.05) is 19.3 Å². The van der Waals surface area contributed by atoms with Gasteiger partial charge in [-0.3, -0.25) is 9.48 Å². The Balaban J connectivity index is 2.22. The molecule has 0 saturated carbocycles. The van der Waals surface area contributed by atoms with Gasteiger partial charge in [0.05, 0.1) is 5.69 Å². The number of nitrogens with zero attached hydrogens (tertiary/aromatic N) is 2. The molecule has 0 aromatic carbocycles. The minimum Gasteiger partial charge on any atom is -0.480 e. The van der Waals surface area contributed by atoms with Gasteiger partial charge in [-0.1, -0.05) is 0 Å². The molecular weight excluding hydrogens is 242 g/mol. The van der Waals surface area contributed by atoms with Crippen LogP contribution in [0.15, 0.2) is 12.3 Å². The summed E-state index contributed by atoms with van der Waals surface area (Å²) in [5.41, 5.74) is 0.965. The Labute approximate surface area is 103 Å². The number of aromatic nitrogens is 2. The molecule has 0 bridgehead atoms. The number of nitrogens with one attached hydrogen (secondary N) is 1. The number of rotatable bonds is 8. The number of aryl methyl sites for hydroxylation is 1. The number of hydrogen-bond acceptors (Lipinski definition) is 4. The van der Waals surface area contributed by atoms with Crippen LogP contribution in [0, 0.1) is 0 Å². The fourth-order valence-corrected chi connectivity index (χ4v) is 2.19. The number of thioether (sulfide) groups is 1. The van der Waals surface area contributed by atoms with Gasteiger partial charge in [0.25, 0.3) is 0 Å². The van der Waals surface area contributed by atoms with Crippen LogP contribution in [0.4, 0.5) is 0 Å². The summed E-state index contributed by atoms with van der Waals surface area (Å²) in [4.78, 5) is 20.9. The van der Waals surface area contributed by atoms with E-state index in [2.05, 4.69) is 10.4 Å². The third-order valence-electron chi connectivity index (χ3n) is 2.14. The number of carboxylic acids is 1. The summed E-state index contributed by atoms with van der Waals surface area (Å²) < 4.78 is 1.73. The molecule has 1 aromatic rings. The molecule has 0 aliphatic carbocycles. The number of carboxylic acid groups (broad SMARTS) is 1. The second-order valence-corrected chi connectivity index (χ2v) is 4.60. The molecule has 0 saturated heterocycles. The van der Waals surface area contributed by atoms with Gasteiger partial charge < -0.3 is 10.4 Å². The molecule has 94 valence electrons. The summed E-state index contributed by atoms with van der Waals surface area (Å²) in [5.74, 6) is 0.401. The van der Waals surface area contributed by atoms with Crippen LogP contribution in [0.2, 0.25) is 0 Å². The maximum Gasteiger partial charge on any atom is 0.326 e. The van der Waals surface area contributed by atoms with E-state index in [1.54, 1.807) is 16.4 Å². The molecule has 2 N–H and O–H groups in total. The molecule has 1 amide bonds. The summed E-state index contributed by atoms with van der Waals surface area (Å²) in [5, 5.41) is 15.3. The summed E-state index contributed by atoms with van der Waals surface area (Å²) in [6.07, 6.45) is 2.69. The second-order valence-electron chi connectivity index (χ2n) is 3.50. The van der Waals surface area contributed by atoms with E-state index in [9.17, 15) is 9.59 Å². The second kappa shape index (κ2) is 6.95. The number of hydrogen-bond donors (Lipinski definition) is 2. The lowest BCUT2D eigenvalue weighted by Gasteiger charge is -2.09. The van der Waals surface area contributed by atoms with Crippen LogP contribution in [0.1, 0.15) is 12.1 Å². The van der Waals surface area contributed by atoms with Gasteiger partial charge in [-0.25, -0.2) is 4.79 Å². The Morgan fingerprint density at radius 3 is 3.06 bits per heavy atom. The van der Waals surface area contributed by atoms with Gasteiger partial charge in [0.1, 0.15) is 6.04 Å². The monoisotopic (exact) mass is 257 g/mol. The van der Waals surface area contributed by atoms with Crippen LogP contribution in [0.5, 0.6) is 0 Å². The smallest absolute Gasteiger partial charge is 0.326 e. The first-order valence-corrected chi connectivity index (χ1v) is 6.27. The van der Waals surface area contributed by atoms with Crippen molar-refractivity contribution < 1.29 is 14.7 Å². The average Bonchev–Trinajstić information content (AvgIpc) is 2.68. The number of aliphatic carboxylic acids is 1. The first-order chi connectivity index (χ1) is 8.13. The van der Waals surface area contributed by atoms with Crippen LogP contribution in [0.3, 0.4) is 0 Å². The van der Waals surface area contributed by atoms with Crippen molar-refractivity contribution in [1.82, 2.24) is 15.1 Å². The molecule has 1 rings (SSSR count). The quantitative estimate of drug-likeness (QED) is 0.515. The van der Waals surface area contributed by atoms with E-state index in [0.29, 0.717) is 18.6 Å². The van der Waals surface area contributed by atoms with E-state index in [4.69, 9.17) is 5.11 Å². The van der Waals surface area contributed by atoms with Crippen LogP contribution in [-0.4, -0.2) is 39.1 Å². The predicted octanol–water partition coefficient (Wildman–Crippen LogP) is 0.243. The third-order valence-corrected chi connectivity index (χ3v) is 3.16. The van der Waals surface area contributed by atoms with Crippen molar-refractivity contribution in [3.8, 4) is 0 Å². The molecular formula is C10H15N3O3S. The summed E-state index contributed by atoms with van der Waals surface area (Å²) in [7, 11) is 1.85. The highest BCUT2D eigenvalue weighted by Crippen LogP contribution is 2.12. The number of carbonyl (C=O) groups excluding carboxylic acids is 1.